The van der Waals surface area contributed by atoms with Crippen molar-refractivity contribution in [3.63, 3.8) is 0 Å². The molecule has 1 aromatic carbocycles. The zero-order chi connectivity index (χ0) is 10.7. The van der Waals surface area contributed by atoms with Crippen LogP contribution in [-0.4, -0.2) is 25.9 Å². The lowest BCUT2D eigenvalue weighted by Crippen LogP contribution is -2.26. The van der Waals surface area contributed by atoms with Gasteiger partial charge in [-0.2, -0.15) is 0 Å². The van der Waals surface area contributed by atoms with Gasteiger partial charge in [0.05, 0.1) is 19.3 Å². The van der Waals surface area contributed by atoms with Crippen molar-refractivity contribution in [1.82, 2.24) is 0 Å². The van der Waals surface area contributed by atoms with E-state index in [0.29, 0.717) is 12.1 Å². The summed E-state index contributed by atoms with van der Waals surface area (Å²) < 4.78 is 10.6. The van der Waals surface area contributed by atoms with E-state index in [9.17, 15) is 0 Å². The minimum absolute atomic E-state index is 0.298. The fourth-order valence-corrected chi connectivity index (χ4v) is 1.82. The summed E-state index contributed by atoms with van der Waals surface area (Å²) in [4.78, 5) is 0. The second kappa shape index (κ2) is 4.53. The van der Waals surface area contributed by atoms with Gasteiger partial charge in [0, 0.05) is 12.3 Å². The van der Waals surface area contributed by atoms with E-state index in [1.54, 1.807) is 7.11 Å². The van der Waals surface area contributed by atoms with E-state index in [1.807, 2.05) is 24.3 Å². The van der Waals surface area contributed by atoms with Crippen LogP contribution in [0.2, 0.25) is 0 Å². The molecule has 1 saturated heterocycles. The molecule has 0 aromatic heterocycles. The average molecular weight is 207 g/mol. The number of benzene rings is 1. The fraction of sp³-hybridized carbons (Fsp3) is 0.500. The summed E-state index contributed by atoms with van der Waals surface area (Å²) in [6.07, 6.45) is 1.37. The topological polar surface area (TPSA) is 30.5 Å². The highest BCUT2D eigenvalue weighted by Crippen LogP contribution is 2.20. The first-order valence-corrected chi connectivity index (χ1v) is 5.32. The van der Waals surface area contributed by atoms with Gasteiger partial charge in [-0.3, -0.25) is 0 Å². The van der Waals surface area contributed by atoms with E-state index < -0.39 is 0 Å². The first-order valence-electron chi connectivity index (χ1n) is 5.32. The largest absolute Gasteiger partial charge is 0.497 e. The van der Waals surface area contributed by atoms with Crippen LogP contribution < -0.4 is 10.1 Å². The molecule has 2 rings (SSSR count). The second-order valence-electron chi connectivity index (χ2n) is 3.84. The lowest BCUT2D eigenvalue weighted by atomic mass is 10.1. The Hall–Kier alpha value is -1.22. The molecule has 15 heavy (non-hydrogen) atoms. The molecule has 0 bridgehead atoms. The maximum atomic E-state index is 5.50. The molecule has 1 heterocycles. The summed E-state index contributed by atoms with van der Waals surface area (Å²) in [5.41, 5.74) is 1.12. The van der Waals surface area contributed by atoms with Gasteiger partial charge in [-0.1, -0.05) is 0 Å². The SMILES string of the molecule is COc1ccc(N[C@H]2CCO[C@H]2C)cc1. The van der Waals surface area contributed by atoms with Crippen molar-refractivity contribution in [1.29, 1.82) is 0 Å². The number of anilines is 1. The average Bonchev–Trinajstić information content (AvgIpc) is 2.66. The normalized spacial score (nSPS) is 25.2. The third kappa shape index (κ3) is 2.42. The van der Waals surface area contributed by atoms with Gasteiger partial charge in [-0.25, -0.2) is 0 Å². The Bertz CT molecular complexity index is 310. The summed E-state index contributed by atoms with van der Waals surface area (Å²) in [7, 11) is 1.68. The molecular weight excluding hydrogens is 190 g/mol. The first kappa shape index (κ1) is 10.3. The zero-order valence-electron chi connectivity index (χ0n) is 9.19. The Morgan fingerprint density at radius 1 is 1.33 bits per heavy atom. The van der Waals surface area contributed by atoms with Crippen molar-refractivity contribution in [3.05, 3.63) is 24.3 Å². The van der Waals surface area contributed by atoms with Gasteiger partial charge in [0.15, 0.2) is 0 Å². The van der Waals surface area contributed by atoms with Crippen LogP contribution in [0.1, 0.15) is 13.3 Å². The maximum Gasteiger partial charge on any atom is 0.119 e. The minimum Gasteiger partial charge on any atom is -0.497 e. The van der Waals surface area contributed by atoms with E-state index in [0.717, 1.165) is 24.5 Å². The van der Waals surface area contributed by atoms with Crippen molar-refractivity contribution in [2.45, 2.75) is 25.5 Å². The molecule has 82 valence electrons. The molecule has 0 radical (unpaired) electrons. The summed E-state index contributed by atoms with van der Waals surface area (Å²) in [5.74, 6) is 0.885. The van der Waals surface area contributed by atoms with Crippen molar-refractivity contribution in [2.75, 3.05) is 19.0 Å². The monoisotopic (exact) mass is 207 g/mol. The molecule has 2 atom stereocenters. The lowest BCUT2D eigenvalue weighted by molar-refractivity contribution is 0.121. The molecular formula is C12H17NO2. The van der Waals surface area contributed by atoms with Gasteiger partial charge < -0.3 is 14.8 Å². The number of methoxy groups -OCH3 is 1. The molecule has 3 nitrogen and oxygen atoms in total. The molecule has 1 N–H and O–H groups in total. The Morgan fingerprint density at radius 2 is 2.07 bits per heavy atom. The predicted molar refractivity (Wildman–Crippen MR) is 60.4 cm³/mol. The summed E-state index contributed by atoms with van der Waals surface area (Å²) in [5, 5.41) is 3.46. The maximum absolute atomic E-state index is 5.50. The molecule has 0 spiro atoms. The van der Waals surface area contributed by atoms with Crippen LogP contribution in [-0.2, 0) is 4.74 Å². The molecule has 1 aromatic rings. The van der Waals surface area contributed by atoms with Crippen LogP contribution in [0.15, 0.2) is 24.3 Å². The molecule has 0 amide bonds. The summed E-state index contributed by atoms with van der Waals surface area (Å²) >= 11 is 0. The summed E-state index contributed by atoms with van der Waals surface area (Å²) in [6.45, 7) is 2.96. The first-order chi connectivity index (χ1) is 7.29. The number of hydrogen-bond donors (Lipinski definition) is 1. The third-order valence-corrected chi connectivity index (χ3v) is 2.82. The Labute approximate surface area is 90.4 Å². The highest BCUT2D eigenvalue weighted by Gasteiger charge is 2.23. The molecule has 3 heteroatoms. The van der Waals surface area contributed by atoms with Crippen molar-refractivity contribution in [3.8, 4) is 5.75 Å². The van der Waals surface area contributed by atoms with Crippen LogP contribution in [0.5, 0.6) is 5.75 Å². The molecule has 1 aliphatic rings. The number of rotatable bonds is 3. The number of hydrogen-bond acceptors (Lipinski definition) is 3. The van der Waals surface area contributed by atoms with Crippen LogP contribution >= 0.6 is 0 Å². The van der Waals surface area contributed by atoms with E-state index in [4.69, 9.17) is 9.47 Å². The van der Waals surface area contributed by atoms with E-state index in [2.05, 4.69) is 12.2 Å². The minimum atomic E-state index is 0.298. The van der Waals surface area contributed by atoms with Gasteiger partial charge >= 0.3 is 0 Å². The van der Waals surface area contributed by atoms with Gasteiger partial charge in [0.1, 0.15) is 5.75 Å². The molecule has 1 fully saturated rings. The smallest absolute Gasteiger partial charge is 0.119 e. The Kier molecular flexibility index (Phi) is 3.11. The molecule has 1 aliphatic heterocycles. The Balaban J connectivity index is 1.98. The van der Waals surface area contributed by atoms with Gasteiger partial charge in [0.25, 0.3) is 0 Å². The van der Waals surface area contributed by atoms with Gasteiger partial charge in [-0.15, -0.1) is 0 Å². The van der Waals surface area contributed by atoms with Gasteiger partial charge in [0.2, 0.25) is 0 Å². The van der Waals surface area contributed by atoms with Crippen molar-refractivity contribution in [2.24, 2.45) is 0 Å². The van der Waals surface area contributed by atoms with Crippen molar-refractivity contribution >= 4 is 5.69 Å². The summed E-state index contributed by atoms with van der Waals surface area (Å²) in [6, 6.07) is 8.41. The van der Waals surface area contributed by atoms with Crippen LogP contribution in [0.25, 0.3) is 0 Å². The predicted octanol–water partition coefficient (Wildman–Crippen LogP) is 2.28. The van der Waals surface area contributed by atoms with Crippen molar-refractivity contribution < 1.29 is 9.47 Å². The van der Waals surface area contributed by atoms with Gasteiger partial charge in [-0.05, 0) is 37.6 Å². The highest BCUT2D eigenvalue weighted by molar-refractivity contribution is 5.47. The fourth-order valence-electron chi connectivity index (χ4n) is 1.82. The van der Waals surface area contributed by atoms with E-state index >= 15 is 0 Å². The van der Waals surface area contributed by atoms with Crippen LogP contribution in [0.3, 0.4) is 0 Å². The number of nitrogens with one attached hydrogen (secondary N) is 1. The van der Waals surface area contributed by atoms with Crippen LogP contribution in [0, 0.1) is 0 Å². The number of ether oxygens (including phenoxy) is 2. The highest BCUT2D eigenvalue weighted by atomic mass is 16.5. The standard InChI is InChI=1S/C12H17NO2/c1-9-12(7-8-15-9)13-10-3-5-11(14-2)6-4-10/h3-6,9,12-13H,7-8H2,1-2H3/t9-,12-/m0/s1. The molecule has 0 saturated carbocycles. The lowest BCUT2D eigenvalue weighted by Gasteiger charge is -2.17. The second-order valence-corrected chi connectivity index (χ2v) is 3.84. The van der Waals surface area contributed by atoms with E-state index in [-0.39, 0.29) is 0 Å². The molecule has 0 aliphatic carbocycles. The quantitative estimate of drug-likeness (QED) is 0.824. The zero-order valence-corrected chi connectivity index (χ0v) is 9.19. The Morgan fingerprint density at radius 3 is 2.60 bits per heavy atom. The third-order valence-electron chi connectivity index (χ3n) is 2.82. The van der Waals surface area contributed by atoms with E-state index in [1.165, 1.54) is 0 Å². The van der Waals surface area contributed by atoms with Crippen LogP contribution in [0.4, 0.5) is 5.69 Å². The molecule has 0 unspecified atom stereocenters.